The molecule has 0 amide bonds. The molecule has 3 nitrogen and oxygen atoms in total. The van der Waals surface area contributed by atoms with Gasteiger partial charge in [0.2, 0.25) is 0 Å². The van der Waals surface area contributed by atoms with E-state index in [1.807, 2.05) is 0 Å². The second kappa shape index (κ2) is 8.02. The van der Waals surface area contributed by atoms with Crippen molar-refractivity contribution in [2.45, 2.75) is 31.9 Å². The molecule has 4 heteroatoms. The number of aliphatic hydroxyl groups is 1. The van der Waals surface area contributed by atoms with E-state index in [0.717, 1.165) is 45.3 Å². The molecule has 2 fully saturated rings. The van der Waals surface area contributed by atoms with E-state index in [9.17, 15) is 4.39 Å². The molecule has 1 unspecified atom stereocenters. The van der Waals surface area contributed by atoms with Gasteiger partial charge in [0.15, 0.2) is 0 Å². The van der Waals surface area contributed by atoms with E-state index in [1.54, 1.807) is 0 Å². The monoisotopic (exact) mass is 218 g/mol. The first-order chi connectivity index (χ1) is 7.33. The Hall–Kier alpha value is -0.190. The zero-order valence-electron chi connectivity index (χ0n) is 9.34. The highest BCUT2D eigenvalue weighted by molar-refractivity contribution is 4.66. The molecule has 2 aliphatic rings. The topological polar surface area (TPSA) is 44.3 Å². The second-order valence-electron chi connectivity index (χ2n) is 4.32. The number of nitrogens with one attached hydrogen (secondary N) is 2. The lowest BCUT2D eigenvalue weighted by Crippen LogP contribution is -2.30. The van der Waals surface area contributed by atoms with Crippen LogP contribution in [0.25, 0.3) is 0 Å². The van der Waals surface area contributed by atoms with Crippen molar-refractivity contribution in [1.29, 1.82) is 0 Å². The minimum Gasteiger partial charge on any atom is -0.396 e. The Morgan fingerprint density at radius 2 is 1.80 bits per heavy atom. The summed E-state index contributed by atoms with van der Waals surface area (Å²) in [6, 6.07) is 0. The summed E-state index contributed by atoms with van der Waals surface area (Å²) in [7, 11) is 0. The third-order valence-corrected chi connectivity index (χ3v) is 2.95. The van der Waals surface area contributed by atoms with Gasteiger partial charge in [0.1, 0.15) is 6.17 Å². The van der Waals surface area contributed by atoms with Crippen LogP contribution in [0.2, 0.25) is 0 Å². The van der Waals surface area contributed by atoms with Gasteiger partial charge in [-0.15, -0.1) is 0 Å². The Bertz CT molecular complexity index is 146. The van der Waals surface area contributed by atoms with Gasteiger partial charge in [0.05, 0.1) is 0 Å². The highest BCUT2D eigenvalue weighted by atomic mass is 19.1. The maximum atomic E-state index is 12.1. The van der Waals surface area contributed by atoms with Crippen molar-refractivity contribution in [2.75, 3.05) is 32.8 Å². The molecular weight excluding hydrogens is 195 g/mol. The molecule has 0 aromatic carbocycles. The summed E-state index contributed by atoms with van der Waals surface area (Å²) >= 11 is 0. The molecule has 0 saturated carbocycles. The second-order valence-corrected chi connectivity index (χ2v) is 4.32. The van der Waals surface area contributed by atoms with E-state index < -0.39 is 6.17 Å². The van der Waals surface area contributed by atoms with Crippen molar-refractivity contribution < 1.29 is 9.50 Å². The van der Waals surface area contributed by atoms with Gasteiger partial charge in [-0.25, -0.2) is 4.39 Å². The summed E-state index contributed by atoms with van der Waals surface area (Å²) in [6.45, 7) is 4.12. The first-order valence-corrected chi connectivity index (χ1v) is 5.99. The molecule has 0 bridgehead atoms. The predicted octanol–water partition coefficient (Wildman–Crippen LogP) is 0.686. The Labute approximate surface area is 91.4 Å². The van der Waals surface area contributed by atoms with E-state index in [4.69, 9.17) is 5.11 Å². The van der Waals surface area contributed by atoms with Gasteiger partial charge in [-0.1, -0.05) is 0 Å². The first-order valence-electron chi connectivity index (χ1n) is 5.99. The average Bonchev–Trinajstić information content (AvgIpc) is 2.32. The van der Waals surface area contributed by atoms with E-state index in [-0.39, 0.29) is 0 Å². The smallest absolute Gasteiger partial charge is 0.113 e. The van der Waals surface area contributed by atoms with Crippen LogP contribution in [-0.4, -0.2) is 44.1 Å². The number of halogens is 1. The minimum absolute atomic E-state index is 0.377. The fourth-order valence-corrected chi connectivity index (χ4v) is 1.87. The van der Waals surface area contributed by atoms with Gasteiger partial charge in [-0.3, -0.25) is 0 Å². The molecule has 2 heterocycles. The lowest BCUT2D eigenvalue weighted by atomic mass is 10.00. The van der Waals surface area contributed by atoms with E-state index in [2.05, 4.69) is 10.6 Å². The molecule has 15 heavy (non-hydrogen) atoms. The maximum absolute atomic E-state index is 12.1. The number of alkyl halides is 1. The molecule has 2 aliphatic heterocycles. The molecule has 90 valence electrons. The average molecular weight is 218 g/mol. The molecule has 1 atom stereocenters. The van der Waals surface area contributed by atoms with Crippen LogP contribution in [0.5, 0.6) is 0 Å². The number of hydrogen-bond acceptors (Lipinski definition) is 3. The molecule has 0 aliphatic carbocycles. The van der Waals surface area contributed by atoms with Crippen LogP contribution in [-0.2, 0) is 0 Å². The van der Waals surface area contributed by atoms with Crippen LogP contribution in [0, 0.1) is 5.92 Å². The highest BCUT2D eigenvalue weighted by Gasteiger charge is 2.10. The first kappa shape index (κ1) is 12.9. The lowest BCUT2D eigenvalue weighted by molar-refractivity contribution is 0.196. The van der Waals surface area contributed by atoms with Gasteiger partial charge in [-0.2, -0.15) is 0 Å². The molecule has 2 saturated heterocycles. The summed E-state index contributed by atoms with van der Waals surface area (Å²) < 4.78 is 12.1. The van der Waals surface area contributed by atoms with Crippen molar-refractivity contribution in [3.63, 3.8) is 0 Å². The molecule has 0 aromatic rings. The van der Waals surface area contributed by atoms with Gasteiger partial charge < -0.3 is 15.7 Å². The normalized spacial score (nSPS) is 28.0. The zero-order valence-corrected chi connectivity index (χ0v) is 9.34. The van der Waals surface area contributed by atoms with Crippen LogP contribution in [0.1, 0.15) is 25.7 Å². The Balaban J connectivity index is 0.000000151. The Morgan fingerprint density at radius 1 is 1.07 bits per heavy atom. The number of aliphatic hydroxyl groups excluding tert-OH is 1. The third-order valence-electron chi connectivity index (χ3n) is 2.95. The van der Waals surface area contributed by atoms with E-state index >= 15 is 0 Å². The SMILES string of the molecule is FC1CCCNC1.OCC1CCNCC1. The fraction of sp³-hybridized carbons (Fsp3) is 1.00. The minimum atomic E-state index is -0.575. The van der Waals surface area contributed by atoms with Gasteiger partial charge in [0, 0.05) is 13.2 Å². The van der Waals surface area contributed by atoms with Crippen LogP contribution in [0.4, 0.5) is 4.39 Å². The number of rotatable bonds is 1. The maximum Gasteiger partial charge on any atom is 0.113 e. The zero-order chi connectivity index (χ0) is 10.9. The molecule has 0 radical (unpaired) electrons. The summed E-state index contributed by atoms with van der Waals surface area (Å²) in [5.74, 6) is 0.580. The lowest BCUT2D eigenvalue weighted by Gasteiger charge is -2.19. The summed E-state index contributed by atoms with van der Waals surface area (Å²) in [6.07, 6.45) is 3.48. The predicted molar refractivity (Wildman–Crippen MR) is 59.7 cm³/mol. The van der Waals surface area contributed by atoms with E-state index in [0.29, 0.717) is 19.1 Å². The molecule has 0 aromatic heterocycles. The van der Waals surface area contributed by atoms with Crippen molar-refractivity contribution in [3.05, 3.63) is 0 Å². The van der Waals surface area contributed by atoms with Crippen molar-refractivity contribution >= 4 is 0 Å². The highest BCUT2D eigenvalue weighted by Crippen LogP contribution is 2.08. The van der Waals surface area contributed by atoms with Crippen LogP contribution in [0.3, 0.4) is 0 Å². The summed E-state index contributed by atoms with van der Waals surface area (Å²) in [5, 5.41) is 14.9. The van der Waals surface area contributed by atoms with Crippen LogP contribution in [0.15, 0.2) is 0 Å². The van der Waals surface area contributed by atoms with Gasteiger partial charge in [-0.05, 0) is 51.2 Å². The number of hydrogen-bond donors (Lipinski definition) is 3. The van der Waals surface area contributed by atoms with Crippen molar-refractivity contribution in [2.24, 2.45) is 5.92 Å². The summed E-state index contributed by atoms with van der Waals surface area (Å²) in [4.78, 5) is 0. The molecule has 2 rings (SSSR count). The standard InChI is InChI=1S/C6H13NO.C5H10FN/c8-5-6-1-3-7-4-2-6;6-5-2-1-3-7-4-5/h6-8H,1-5H2;5,7H,1-4H2. The largest absolute Gasteiger partial charge is 0.396 e. The molecule has 3 N–H and O–H groups in total. The Morgan fingerprint density at radius 3 is 2.13 bits per heavy atom. The Kier molecular flexibility index (Phi) is 6.88. The fourth-order valence-electron chi connectivity index (χ4n) is 1.87. The van der Waals surface area contributed by atoms with Crippen molar-refractivity contribution in [3.8, 4) is 0 Å². The summed E-state index contributed by atoms with van der Waals surface area (Å²) in [5.41, 5.74) is 0. The van der Waals surface area contributed by atoms with Gasteiger partial charge in [0.25, 0.3) is 0 Å². The quantitative estimate of drug-likeness (QED) is 0.606. The van der Waals surface area contributed by atoms with E-state index in [1.165, 1.54) is 0 Å². The third kappa shape index (κ3) is 6.07. The molecule has 0 spiro atoms. The van der Waals surface area contributed by atoms with Gasteiger partial charge >= 0.3 is 0 Å². The van der Waals surface area contributed by atoms with Crippen molar-refractivity contribution in [1.82, 2.24) is 10.6 Å². The number of piperidine rings is 2. The van der Waals surface area contributed by atoms with Crippen LogP contribution < -0.4 is 10.6 Å². The molecular formula is C11H23FN2O. The van der Waals surface area contributed by atoms with Crippen LogP contribution >= 0.6 is 0 Å².